The van der Waals surface area contributed by atoms with Gasteiger partial charge in [0.25, 0.3) is 0 Å². The molecule has 0 spiro atoms. The zero-order valence-electron chi connectivity index (χ0n) is 30.6. The third-order valence-corrected chi connectivity index (χ3v) is 10.3. The van der Waals surface area contributed by atoms with E-state index in [1.807, 2.05) is 54.2 Å². The lowest BCUT2D eigenvalue weighted by Crippen LogP contribution is -1.97. The number of ketones is 1. The summed E-state index contributed by atoms with van der Waals surface area (Å²) in [6.07, 6.45) is 38.2. The van der Waals surface area contributed by atoms with E-state index in [1.165, 1.54) is 159 Å². The van der Waals surface area contributed by atoms with E-state index in [1.54, 1.807) is 6.08 Å². The summed E-state index contributed by atoms with van der Waals surface area (Å²) in [5.41, 5.74) is 1.75. The minimum Gasteiger partial charge on any atom is -0.494 e. The molecule has 0 fully saturated rings. The Kier molecular flexibility index (Phi) is 26.4. The van der Waals surface area contributed by atoms with E-state index in [0.717, 1.165) is 35.7 Å². The zero-order valence-corrected chi connectivity index (χ0v) is 31.4. The predicted octanol–water partition coefficient (Wildman–Crippen LogP) is 14.8. The number of unbranched alkanes of at least 4 members (excludes halogenated alkanes) is 23. The summed E-state index contributed by atoms with van der Waals surface area (Å²) in [5, 5.41) is 0. The Morgan fingerprint density at radius 3 is 1.43 bits per heavy atom. The third-order valence-electron chi connectivity index (χ3n) is 9.23. The van der Waals surface area contributed by atoms with Crippen molar-refractivity contribution in [2.75, 3.05) is 12.4 Å². The van der Waals surface area contributed by atoms with Gasteiger partial charge < -0.3 is 4.74 Å². The van der Waals surface area contributed by atoms with Crippen molar-refractivity contribution in [3.05, 3.63) is 65.7 Å². The highest BCUT2D eigenvalue weighted by atomic mass is 32.2. The van der Waals surface area contributed by atoms with Crippen LogP contribution in [0.5, 0.6) is 5.75 Å². The van der Waals surface area contributed by atoms with Gasteiger partial charge in [-0.25, -0.2) is 0 Å². The van der Waals surface area contributed by atoms with Crippen LogP contribution in [0.3, 0.4) is 0 Å². The Balaban J connectivity index is 1.41. The molecule has 47 heavy (non-hydrogen) atoms. The Labute approximate surface area is 295 Å². The summed E-state index contributed by atoms with van der Waals surface area (Å²) in [6, 6.07) is 16.1. The highest BCUT2D eigenvalue weighted by molar-refractivity contribution is 7.99. The number of carbonyl (C=O) groups excluding carboxylic acids is 1. The van der Waals surface area contributed by atoms with Crippen molar-refractivity contribution >= 4 is 23.6 Å². The summed E-state index contributed by atoms with van der Waals surface area (Å²) >= 11 is 1.91. The average molecular weight is 663 g/mol. The molecule has 0 saturated heterocycles. The molecule has 0 heterocycles. The Bertz CT molecular complexity index is 1010. The molecule has 0 unspecified atom stereocenters. The molecule has 0 amide bonds. The molecule has 0 bridgehead atoms. The van der Waals surface area contributed by atoms with Crippen LogP contribution in [0.25, 0.3) is 6.08 Å². The number of hydrogen-bond donors (Lipinski definition) is 0. The fourth-order valence-electron chi connectivity index (χ4n) is 6.10. The number of allylic oxidation sites excluding steroid dienone is 1. The highest BCUT2D eigenvalue weighted by Gasteiger charge is 2.03. The van der Waals surface area contributed by atoms with Gasteiger partial charge in [0.05, 0.1) is 6.61 Å². The van der Waals surface area contributed by atoms with Crippen LogP contribution in [0.4, 0.5) is 0 Å². The lowest BCUT2D eigenvalue weighted by molar-refractivity contribution is 0.104. The minimum atomic E-state index is 0.0445. The van der Waals surface area contributed by atoms with Crippen molar-refractivity contribution in [1.29, 1.82) is 0 Å². The van der Waals surface area contributed by atoms with Crippen molar-refractivity contribution in [3.8, 4) is 5.75 Å². The van der Waals surface area contributed by atoms with E-state index in [9.17, 15) is 4.79 Å². The third kappa shape index (κ3) is 23.1. The fourth-order valence-corrected chi connectivity index (χ4v) is 7.01. The molecule has 2 aromatic rings. The van der Waals surface area contributed by atoms with Crippen LogP contribution in [0, 0.1) is 0 Å². The zero-order chi connectivity index (χ0) is 33.5. The molecule has 3 heteroatoms. The van der Waals surface area contributed by atoms with Gasteiger partial charge in [-0.2, -0.15) is 0 Å². The molecule has 2 aromatic carbocycles. The monoisotopic (exact) mass is 663 g/mol. The maximum atomic E-state index is 12.7. The fraction of sp³-hybridized carbons (Fsp3) is 0.659. The number of rotatable bonds is 32. The summed E-state index contributed by atoms with van der Waals surface area (Å²) in [4.78, 5) is 13.9. The van der Waals surface area contributed by atoms with Gasteiger partial charge in [-0.15, -0.1) is 11.8 Å². The molecule has 0 N–H and O–H groups in total. The van der Waals surface area contributed by atoms with Crippen molar-refractivity contribution in [2.24, 2.45) is 0 Å². The molecular weight excluding hydrogens is 593 g/mol. The van der Waals surface area contributed by atoms with Gasteiger partial charge in [0.15, 0.2) is 5.78 Å². The van der Waals surface area contributed by atoms with Crippen LogP contribution >= 0.6 is 11.8 Å². The molecule has 0 atom stereocenters. The Morgan fingerprint density at radius 2 is 0.957 bits per heavy atom. The first kappa shape index (κ1) is 41.2. The van der Waals surface area contributed by atoms with Crippen molar-refractivity contribution < 1.29 is 9.53 Å². The van der Waals surface area contributed by atoms with Crippen molar-refractivity contribution in [1.82, 2.24) is 0 Å². The molecule has 0 radical (unpaired) electrons. The van der Waals surface area contributed by atoms with E-state index < -0.39 is 0 Å². The normalized spacial score (nSPS) is 11.4. The molecular formula is C44H70O2S. The minimum absolute atomic E-state index is 0.0445. The van der Waals surface area contributed by atoms with Crippen LogP contribution in [-0.2, 0) is 0 Å². The Morgan fingerprint density at radius 1 is 0.532 bits per heavy atom. The number of benzene rings is 2. The second-order valence-corrected chi connectivity index (χ2v) is 14.8. The van der Waals surface area contributed by atoms with Gasteiger partial charge >= 0.3 is 0 Å². The summed E-state index contributed by atoms with van der Waals surface area (Å²) < 4.78 is 5.85. The largest absolute Gasteiger partial charge is 0.494 e. The lowest BCUT2D eigenvalue weighted by Gasteiger charge is -2.06. The van der Waals surface area contributed by atoms with E-state index >= 15 is 0 Å². The van der Waals surface area contributed by atoms with Crippen LogP contribution < -0.4 is 4.74 Å². The summed E-state index contributed by atoms with van der Waals surface area (Å²) in [7, 11) is 0. The number of thioether (sulfide) groups is 1. The van der Waals surface area contributed by atoms with Gasteiger partial charge in [-0.05, 0) is 66.6 Å². The van der Waals surface area contributed by atoms with Gasteiger partial charge in [-0.1, -0.05) is 180 Å². The first-order chi connectivity index (χ1) is 23.2. The molecule has 264 valence electrons. The van der Waals surface area contributed by atoms with Gasteiger partial charge in [-0.3, -0.25) is 4.79 Å². The number of ether oxygens (including phenoxy) is 1. The van der Waals surface area contributed by atoms with Gasteiger partial charge in [0.1, 0.15) is 5.75 Å². The topological polar surface area (TPSA) is 26.3 Å². The van der Waals surface area contributed by atoms with Crippen LogP contribution in [0.1, 0.15) is 190 Å². The smallest absolute Gasteiger partial charge is 0.185 e. The standard InChI is InChI=1S/C44H70O2S/c1-3-5-7-9-10-11-12-13-14-15-16-17-18-19-20-21-22-23-25-27-39-47-43-35-31-41(32-36-43)44(45)37-30-40-28-33-42(34-29-40)46-38-26-24-8-6-4-2/h28-37H,3-27,38-39H2,1-2H3. The van der Waals surface area contributed by atoms with Crippen LogP contribution in [0.15, 0.2) is 59.5 Å². The average Bonchev–Trinajstić information content (AvgIpc) is 3.10. The first-order valence-electron chi connectivity index (χ1n) is 19.9. The molecule has 0 aliphatic rings. The first-order valence-corrected chi connectivity index (χ1v) is 20.9. The van der Waals surface area contributed by atoms with E-state index in [4.69, 9.17) is 4.74 Å². The second kappa shape index (κ2) is 30.1. The lowest BCUT2D eigenvalue weighted by atomic mass is 10.0. The number of hydrogen-bond acceptors (Lipinski definition) is 3. The van der Waals surface area contributed by atoms with E-state index in [2.05, 4.69) is 26.0 Å². The molecule has 2 nitrogen and oxygen atoms in total. The predicted molar refractivity (Wildman–Crippen MR) is 209 cm³/mol. The molecule has 0 aliphatic carbocycles. The van der Waals surface area contributed by atoms with E-state index in [0.29, 0.717) is 0 Å². The Hall–Kier alpha value is -2.00. The van der Waals surface area contributed by atoms with E-state index in [-0.39, 0.29) is 5.78 Å². The highest BCUT2D eigenvalue weighted by Crippen LogP contribution is 2.22. The number of carbonyl (C=O) groups is 1. The molecule has 2 rings (SSSR count). The van der Waals surface area contributed by atoms with Gasteiger partial charge in [0.2, 0.25) is 0 Å². The van der Waals surface area contributed by atoms with Crippen LogP contribution in [-0.4, -0.2) is 18.1 Å². The second-order valence-electron chi connectivity index (χ2n) is 13.6. The quantitative estimate of drug-likeness (QED) is 0.0337. The van der Waals surface area contributed by atoms with Crippen molar-refractivity contribution in [3.63, 3.8) is 0 Å². The molecule has 0 saturated carbocycles. The summed E-state index contributed by atoms with van der Waals surface area (Å²) in [6.45, 7) is 5.30. The maximum Gasteiger partial charge on any atom is 0.185 e. The van der Waals surface area contributed by atoms with Gasteiger partial charge in [0, 0.05) is 10.5 Å². The summed E-state index contributed by atoms with van der Waals surface area (Å²) in [5.74, 6) is 2.10. The van der Waals surface area contributed by atoms with Crippen LogP contribution in [0.2, 0.25) is 0 Å². The molecule has 0 aromatic heterocycles. The maximum absolute atomic E-state index is 12.7. The molecule has 0 aliphatic heterocycles. The van der Waals surface area contributed by atoms with Crippen molar-refractivity contribution in [2.45, 2.75) is 179 Å². The SMILES string of the molecule is CCCCCCCCCCCCCCCCCCCCCCSc1ccc(C(=O)C=Cc2ccc(OCCCCCCC)cc2)cc1.